The van der Waals surface area contributed by atoms with Gasteiger partial charge in [0.2, 0.25) is 0 Å². The molecule has 140 valence electrons. The fourth-order valence-electron chi connectivity index (χ4n) is 2.79. The number of imidazole rings is 1. The minimum Gasteiger partial charge on any atom is -0.496 e. The van der Waals surface area contributed by atoms with Gasteiger partial charge in [-0.05, 0) is 18.2 Å². The van der Waals surface area contributed by atoms with Crippen LogP contribution in [0.5, 0.6) is 5.75 Å². The van der Waals surface area contributed by atoms with Crippen molar-refractivity contribution in [3.63, 3.8) is 0 Å². The molecule has 27 heavy (non-hydrogen) atoms. The van der Waals surface area contributed by atoms with Crippen molar-refractivity contribution in [2.75, 3.05) is 7.11 Å². The number of ether oxygens (including phenoxy) is 1. The Morgan fingerprint density at radius 3 is 2.26 bits per heavy atom. The Bertz CT molecular complexity index is 1190. The van der Waals surface area contributed by atoms with Gasteiger partial charge in [0.25, 0.3) is 11.1 Å². The van der Waals surface area contributed by atoms with E-state index in [4.69, 9.17) is 4.74 Å². The lowest BCUT2D eigenvalue weighted by molar-refractivity contribution is 0.414. The molecular weight excluding hydrogens is 344 g/mol. The molecule has 3 rings (SSSR count). The Labute approximate surface area is 155 Å². The van der Waals surface area contributed by atoms with Gasteiger partial charge in [0.05, 0.1) is 19.1 Å². The molecule has 0 unspecified atom stereocenters. The number of para-hydroxylation sites is 1. The topological polar surface area (TPSA) is 104 Å². The highest BCUT2D eigenvalue weighted by atomic mass is 16.5. The molecule has 0 aliphatic carbocycles. The van der Waals surface area contributed by atoms with Crippen molar-refractivity contribution >= 4 is 12.2 Å². The van der Waals surface area contributed by atoms with Gasteiger partial charge in [-0.15, -0.1) is 0 Å². The first-order chi connectivity index (χ1) is 12.8. The number of nitrogens with zero attached hydrogens (tertiary/aromatic N) is 1. The summed E-state index contributed by atoms with van der Waals surface area (Å²) < 4.78 is 5.27. The van der Waals surface area contributed by atoms with Crippen molar-refractivity contribution in [1.82, 2.24) is 19.9 Å². The van der Waals surface area contributed by atoms with E-state index in [-0.39, 0.29) is 16.1 Å². The molecule has 0 radical (unpaired) electrons. The van der Waals surface area contributed by atoms with Crippen LogP contribution in [-0.2, 0) is 5.41 Å². The van der Waals surface area contributed by atoms with Crippen LogP contribution in [0.3, 0.4) is 0 Å². The van der Waals surface area contributed by atoms with Crippen LogP contribution in [0.4, 0.5) is 0 Å². The highest BCUT2D eigenvalue weighted by Gasteiger charge is 2.19. The highest BCUT2D eigenvalue weighted by Crippen LogP contribution is 2.22. The first kappa shape index (κ1) is 18.4. The quantitative estimate of drug-likeness (QED) is 0.636. The maximum absolute atomic E-state index is 12.5. The molecule has 1 aromatic carbocycles. The summed E-state index contributed by atoms with van der Waals surface area (Å²) in [5.74, 6) is 0.611. The molecule has 0 amide bonds. The van der Waals surface area contributed by atoms with E-state index in [0.717, 1.165) is 5.69 Å². The monoisotopic (exact) mass is 366 g/mol. The number of H-pyrrole nitrogens is 3. The van der Waals surface area contributed by atoms with E-state index in [9.17, 15) is 9.59 Å². The zero-order chi connectivity index (χ0) is 19.6. The van der Waals surface area contributed by atoms with Crippen LogP contribution in [0.2, 0.25) is 0 Å². The number of rotatable bonds is 3. The number of hydrogen-bond donors (Lipinski definition) is 3. The van der Waals surface area contributed by atoms with E-state index in [0.29, 0.717) is 17.0 Å². The van der Waals surface area contributed by atoms with Crippen molar-refractivity contribution in [2.24, 2.45) is 0 Å². The van der Waals surface area contributed by atoms with Crippen LogP contribution in [0, 0.1) is 0 Å². The van der Waals surface area contributed by atoms with Crippen molar-refractivity contribution in [3.8, 4) is 5.75 Å². The lowest BCUT2D eigenvalue weighted by Crippen LogP contribution is -2.46. The highest BCUT2D eigenvalue weighted by molar-refractivity contribution is 5.56. The molecular formula is C20H22N4O3. The van der Waals surface area contributed by atoms with Gasteiger partial charge in [0.1, 0.15) is 16.4 Å². The Hall–Kier alpha value is -3.35. The van der Waals surface area contributed by atoms with E-state index < -0.39 is 11.1 Å². The number of methoxy groups -OCH3 is 1. The summed E-state index contributed by atoms with van der Waals surface area (Å²) in [6.07, 6.45) is 4.73. The first-order valence-electron chi connectivity index (χ1n) is 8.52. The van der Waals surface area contributed by atoms with E-state index in [2.05, 4.69) is 19.9 Å². The van der Waals surface area contributed by atoms with Gasteiger partial charge in [-0.25, -0.2) is 4.98 Å². The second kappa shape index (κ2) is 7.11. The second-order valence-corrected chi connectivity index (χ2v) is 7.18. The molecule has 0 atom stereocenters. The Morgan fingerprint density at radius 1 is 1.00 bits per heavy atom. The summed E-state index contributed by atoms with van der Waals surface area (Å²) in [5, 5.41) is 0.300. The average Bonchev–Trinajstić information content (AvgIpc) is 3.08. The molecule has 7 heteroatoms. The molecule has 0 spiro atoms. The van der Waals surface area contributed by atoms with Gasteiger partial charge in [0.15, 0.2) is 0 Å². The lowest BCUT2D eigenvalue weighted by atomic mass is 9.90. The first-order valence-corrected chi connectivity index (χ1v) is 8.52. The molecule has 2 aromatic heterocycles. The Kier molecular flexibility index (Phi) is 4.85. The standard InChI is InChI=1S/C20H22N4O3/c1-20(2,3)17-13(21-11-22-17)10-15-19(26)23-14(18(25)24-15)9-12-7-5-6-8-16(12)27-4/h5-11H,1-4H3,(H,21,22)(H,23,26)(H,24,25)/b14-9+,15-10+. The number of aromatic amines is 3. The van der Waals surface area contributed by atoms with Crippen molar-refractivity contribution < 1.29 is 4.74 Å². The summed E-state index contributed by atoms with van der Waals surface area (Å²) in [4.78, 5) is 37.6. The largest absolute Gasteiger partial charge is 0.496 e. The predicted octanol–water partition coefficient (Wildman–Crippen LogP) is 0.750. The fraction of sp³-hybridized carbons (Fsp3) is 0.250. The minimum atomic E-state index is -0.404. The van der Waals surface area contributed by atoms with Crippen LogP contribution < -0.4 is 26.6 Å². The van der Waals surface area contributed by atoms with Gasteiger partial charge < -0.3 is 19.7 Å². The molecule has 0 saturated heterocycles. The summed E-state index contributed by atoms with van der Waals surface area (Å²) in [6, 6.07) is 7.24. The van der Waals surface area contributed by atoms with Crippen molar-refractivity contribution in [3.05, 3.63) is 78.9 Å². The smallest absolute Gasteiger partial charge is 0.272 e. The maximum atomic E-state index is 12.5. The molecule has 3 aromatic rings. The number of hydrogen-bond acceptors (Lipinski definition) is 4. The van der Waals surface area contributed by atoms with Gasteiger partial charge in [-0.1, -0.05) is 39.0 Å². The Morgan fingerprint density at radius 2 is 1.63 bits per heavy atom. The zero-order valence-corrected chi connectivity index (χ0v) is 15.7. The van der Waals surface area contributed by atoms with Crippen LogP contribution in [0.1, 0.15) is 37.7 Å². The van der Waals surface area contributed by atoms with Gasteiger partial charge in [0, 0.05) is 16.7 Å². The van der Waals surface area contributed by atoms with E-state index in [1.54, 1.807) is 37.7 Å². The summed E-state index contributed by atoms with van der Waals surface area (Å²) in [7, 11) is 1.55. The van der Waals surface area contributed by atoms with Crippen LogP contribution >= 0.6 is 0 Å². The summed E-state index contributed by atoms with van der Waals surface area (Å²) in [5.41, 5.74) is 1.21. The molecule has 0 aliphatic rings. The zero-order valence-electron chi connectivity index (χ0n) is 15.7. The Balaban J connectivity index is 2.15. The third-order valence-corrected chi connectivity index (χ3v) is 4.12. The third-order valence-electron chi connectivity index (χ3n) is 4.12. The fourth-order valence-corrected chi connectivity index (χ4v) is 2.79. The maximum Gasteiger partial charge on any atom is 0.272 e. The average molecular weight is 366 g/mol. The van der Waals surface area contributed by atoms with E-state index in [1.807, 2.05) is 32.9 Å². The minimum absolute atomic E-state index is 0.148. The van der Waals surface area contributed by atoms with E-state index >= 15 is 0 Å². The summed E-state index contributed by atoms with van der Waals surface area (Å²) >= 11 is 0. The number of benzene rings is 1. The third kappa shape index (κ3) is 3.92. The molecule has 0 fully saturated rings. The second-order valence-electron chi connectivity index (χ2n) is 7.18. The van der Waals surface area contributed by atoms with Crippen molar-refractivity contribution in [2.45, 2.75) is 26.2 Å². The van der Waals surface area contributed by atoms with Crippen LogP contribution in [0.25, 0.3) is 12.2 Å². The number of aromatic nitrogens is 4. The number of nitrogens with one attached hydrogen (secondary N) is 3. The van der Waals surface area contributed by atoms with Gasteiger partial charge in [-0.3, -0.25) is 9.59 Å². The van der Waals surface area contributed by atoms with Gasteiger partial charge in [-0.2, -0.15) is 0 Å². The molecule has 0 aliphatic heterocycles. The molecule has 0 bridgehead atoms. The molecule has 3 N–H and O–H groups in total. The molecule has 7 nitrogen and oxygen atoms in total. The lowest BCUT2D eigenvalue weighted by Gasteiger charge is -2.16. The van der Waals surface area contributed by atoms with Crippen molar-refractivity contribution in [1.29, 1.82) is 0 Å². The predicted molar refractivity (Wildman–Crippen MR) is 104 cm³/mol. The van der Waals surface area contributed by atoms with Crippen LogP contribution in [-0.4, -0.2) is 27.0 Å². The molecule has 2 heterocycles. The molecule has 0 saturated carbocycles. The normalized spacial score (nSPS) is 13.2. The van der Waals surface area contributed by atoms with E-state index in [1.165, 1.54) is 0 Å². The summed E-state index contributed by atoms with van der Waals surface area (Å²) in [6.45, 7) is 6.11. The van der Waals surface area contributed by atoms with Gasteiger partial charge >= 0.3 is 0 Å². The SMILES string of the molecule is COc1ccccc1/C=c1/[nH]c(=O)/c(=C\c2nc[nH]c2C(C)(C)C)[nH]c1=O. The van der Waals surface area contributed by atoms with Crippen LogP contribution in [0.15, 0.2) is 40.2 Å².